The van der Waals surface area contributed by atoms with Crippen molar-refractivity contribution in [1.82, 2.24) is 9.55 Å². The Labute approximate surface area is 166 Å². The van der Waals surface area contributed by atoms with Gasteiger partial charge >= 0.3 is 0 Å². The lowest BCUT2D eigenvalue weighted by Gasteiger charge is -2.08. The number of hydrogen-bond acceptors (Lipinski definition) is 4. The third-order valence-electron chi connectivity index (χ3n) is 4.50. The number of thiazole rings is 1. The number of anilines is 1. The van der Waals surface area contributed by atoms with Crippen molar-refractivity contribution >= 4 is 32.6 Å². The maximum absolute atomic E-state index is 12.8. The predicted molar refractivity (Wildman–Crippen MR) is 113 cm³/mol. The summed E-state index contributed by atoms with van der Waals surface area (Å²) in [6.45, 7) is 4.45. The summed E-state index contributed by atoms with van der Waals surface area (Å²) in [4.78, 5) is 29.9. The molecule has 4 aromatic rings. The SMILES string of the molecule is Cc1ccc(Cn2cccc(C(=O)Nc3nc4ccc(C)cc4s3)c2=O)cc1. The van der Waals surface area contributed by atoms with Gasteiger partial charge < -0.3 is 4.57 Å². The Morgan fingerprint density at radius 1 is 1.07 bits per heavy atom. The van der Waals surface area contributed by atoms with Gasteiger partial charge in [0.2, 0.25) is 0 Å². The van der Waals surface area contributed by atoms with Gasteiger partial charge in [-0.15, -0.1) is 0 Å². The van der Waals surface area contributed by atoms with E-state index in [4.69, 9.17) is 0 Å². The van der Waals surface area contributed by atoms with Gasteiger partial charge in [0.1, 0.15) is 5.56 Å². The summed E-state index contributed by atoms with van der Waals surface area (Å²) in [7, 11) is 0. The largest absolute Gasteiger partial charge is 0.310 e. The summed E-state index contributed by atoms with van der Waals surface area (Å²) in [6.07, 6.45) is 1.69. The topological polar surface area (TPSA) is 64.0 Å². The van der Waals surface area contributed by atoms with E-state index in [2.05, 4.69) is 10.3 Å². The Hall–Kier alpha value is -3.25. The predicted octanol–water partition coefficient (Wildman–Crippen LogP) is 4.38. The molecule has 0 atom stereocenters. The molecule has 0 fully saturated rings. The van der Waals surface area contributed by atoms with E-state index in [0.29, 0.717) is 11.7 Å². The maximum Gasteiger partial charge on any atom is 0.263 e. The average molecular weight is 389 g/mol. The van der Waals surface area contributed by atoms with Crippen molar-refractivity contribution in [3.63, 3.8) is 0 Å². The second-order valence-electron chi connectivity index (χ2n) is 6.78. The van der Waals surface area contributed by atoms with Crippen LogP contribution >= 0.6 is 11.3 Å². The maximum atomic E-state index is 12.8. The van der Waals surface area contributed by atoms with Crippen molar-refractivity contribution in [1.29, 1.82) is 0 Å². The Kier molecular flexibility index (Phi) is 4.79. The van der Waals surface area contributed by atoms with Crippen molar-refractivity contribution in [3.05, 3.63) is 93.4 Å². The lowest BCUT2D eigenvalue weighted by molar-refractivity contribution is 0.102. The van der Waals surface area contributed by atoms with Crippen molar-refractivity contribution < 1.29 is 4.79 Å². The van der Waals surface area contributed by atoms with Crippen LogP contribution in [-0.4, -0.2) is 15.5 Å². The minimum Gasteiger partial charge on any atom is -0.310 e. The van der Waals surface area contributed by atoms with Gasteiger partial charge in [-0.2, -0.15) is 0 Å². The molecule has 0 aliphatic heterocycles. The molecular weight excluding hydrogens is 370 g/mol. The molecule has 0 aliphatic carbocycles. The van der Waals surface area contributed by atoms with E-state index < -0.39 is 5.91 Å². The van der Waals surface area contributed by atoms with Gasteiger partial charge in [0.15, 0.2) is 5.13 Å². The summed E-state index contributed by atoms with van der Waals surface area (Å²) in [6, 6.07) is 17.2. The molecule has 2 aromatic heterocycles. The van der Waals surface area contributed by atoms with Crippen molar-refractivity contribution in [2.24, 2.45) is 0 Å². The van der Waals surface area contributed by atoms with Gasteiger partial charge in [-0.25, -0.2) is 4.98 Å². The molecule has 2 aromatic carbocycles. The molecule has 28 heavy (non-hydrogen) atoms. The van der Waals surface area contributed by atoms with Crippen LogP contribution in [0.4, 0.5) is 5.13 Å². The Bertz CT molecular complexity index is 1220. The molecular formula is C22H19N3O2S. The number of aryl methyl sites for hydroxylation is 2. The molecule has 0 saturated heterocycles. The third-order valence-corrected chi connectivity index (χ3v) is 5.44. The summed E-state index contributed by atoms with van der Waals surface area (Å²) >= 11 is 1.40. The lowest BCUT2D eigenvalue weighted by atomic mass is 10.1. The number of benzene rings is 2. The first-order valence-electron chi connectivity index (χ1n) is 8.93. The number of fused-ring (bicyclic) bond motifs is 1. The van der Waals surface area contributed by atoms with Crippen LogP contribution in [-0.2, 0) is 6.54 Å². The summed E-state index contributed by atoms with van der Waals surface area (Å²) in [5.41, 5.74) is 3.91. The molecule has 0 radical (unpaired) electrons. The minimum absolute atomic E-state index is 0.102. The van der Waals surface area contributed by atoms with E-state index in [0.717, 1.165) is 26.9 Å². The zero-order chi connectivity index (χ0) is 19.7. The zero-order valence-electron chi connectivity index (χ0n) is 15.6. The first kappa shape index (κ1) is 18.1. The Morgan fingerprint density at radius 3 is 2.61 bits per heavy atom. The highest BCUT2D eigenvalue weighted by Crippen LogP contribution is 2.26. The van der Waals surface area contributed by atoms with Crippen molar-refractivity contribution in [2.45, 2.75) is 20.4 Å². The molecule has 6 heteroatoms. The van der Waals surface area contributed by atoms with Crippen LogP contribution in [0.1, 0.15) is 27.0 Å². The molecule has 1 N–H and O–H groups in total. The summed E-state index contributed by atoms with van der Waals surface area (Å²) < 4.78 is 2.54. The van der Waals surface area contributed by atoms with Crippen LogP contribution in [0.25, 0.3) is 10.2 Å². The summed E-state index contributed by atoms with van der Waals surface area (Å²) in [5.74, 6) is -0.445. The molecule has 0 saturated carbocycles. The fraction of sp³-hybridized carbons (Fsp3) is 0.136. The van der Waals surface area contributed by atoms with Crippen LogP contribution in [0, 0.1) is 13.8 Å². The van der Waals surface area contributed by atoms with E-state index in [1.54, 1.807) is 22.9 Å². The van der Waals surface area contributed by atoms with Gasteiger partial charge in [0.25, 0.3) is 11.5 Å². The number of nitrogens with zero attached hydrogens (tertiary/aromatic N) is 2. The smallest absolute Gasteiger partial charge is 0.263 e. The fourth-order valence-electron chi connectivity index (χ4n) is 2.97. The average Bonchev–Trinajstić information content (AvgIpc) is 3.06. The van der Waals surface area contributed by atoms with Crippen LogP contribution in [0.5, 0.6) is 0 Å². The molecule has 0 unspecified atom stereocenters. The van der Waals surface area contributed by atoms with Gasteiger partial charge in [-0.05, 0) is 49.2 Å². The van der Waals surface area contributed by atoms with Gasteiger partial charge in [0.05, 0.1) is 16.8 Å². The Balaban J connectivity index is 1.58. The van der Waals surface area contributed by atoms with Crippen LogP contribution in [0.3, 0.4) is 0 Å². The van der Waals surface area contributed by atoms with Gasteiger partial charge in [-0.1, -0.05) is 47.2 Å². The van der Waals surface area contributed by atoms with Crippen molar-refractivity contribution in [2.75, 3.05) is 5.32 Å². The van der Waals surface area contributed by atoms with Crippen LogP contribution in [0.15, 0.2) is 65.6 Å². The molecule has 4 rings (SSSR count). The molecule has 0 bridgehead atoms. The first-order valence-corrected chi connectivity index (χ1v) is 9.75. The highest BCUT2D eigenvalue weighted by atomic mass is 32.1. The fourth-order valence-corrected chi connectivity index (χ4v) is 3.93. The van der Waals surface area contributed by atoms with Crippen LogP contribution < -0.4 is 10.9 Å². The summed E-state index contributed by atoms with van der Waals surface area (Å²) in [5, 5.41) is 3.25. The number of carbonyl (C=O) groups excluding carboxylic acids is 1. The third kappa shape index (κ3) is 3.73. The second kappa shape index (κ2) is 7.40. The lowest BCUT2D eigenvalue weighted by Crippen LogP contribution is -2.29. The number of amides is 1. The first-order chi connectivity index (χ1) is 13.5. The number of hydrogen-bond donors (Lipinski definition) is 1. The molecule has 2 heterocycles. The second-order valence-corrected chi connectivity index (χ2v) is 7.82. The number of nitrogens with one attached hydrogen (secondary N) is 1. The molecule has 0 spiro atoms. The van der Waals surface area contributed by atoms with Gasteiger partial charge in [0, 0.05) is 6.20 Å². The Morgan fingerprint density at radius 2 is 1.82 bits per heavy atom. The van der Waals surface area contributed by atoms with E-state index in [9.17, 15) is 9.59 Å². The minimum atomic E-state index is -0.445. The number of rotatable bonds is 4. The molecule has 140 valence electrons. The van der Waals surface area contributed by atoms with Crippen LogP contribution in [0.2, 0.25) is 0 Å². The normalized spacial score (nSPS) is 10.9. The number of carbonyl (C=O) groups is 1. The molecule has 5 nitrogen and oxygen atoms in total. The van der Waals surface area contributed by atoms with Crippen molar-refractivity contribution in [3.8, 4) is 0 Å². The quantitative estimate of drug-likeness (QED) is 0.563. The molecule has 0 aliphatic rings. The number of pyridine rings is 1. The zero-order valence-corrected chi connectivity index (χ0v) is 16.4. The standard InChI is InChI=1S/C22H19N3O2S/c1-14-5-8-16(9-6-14)13-25-11-3-4-17(21(25)27)20(26)24-22-23-18-10-7-15(2)12-19(18)28-22/h3-12H,13H2,1-2H3,(H,23,24,26). The van der Waals surface area contributed by atoms with E-state index in [1.807, 2.05) is 56.3 Å². The van der Waals surface area contributed by atoms with E-state index >= 15 is 0 Å². The highest BCUT2D eigenvalue weighted by Gasteiger charge is 2.15. The molecule has 1 amide bonds. The van der Waals surface area contributed by atoms with E-state index in [1.165, 1.54) is 11.3 Å². The monoisotopic (exact) mass is 389 g/mol. The number of aromatic nitrogens is 2. The van der Waals surface area contributed by atoms with E-state index in [-0.39, 0.29) is 11.1 Å². The highest BCUT2D eigenvalue weighted by molar-refractivity contribution is 7.22. The van der Waals surface area contributed by atoms with Gasteiger partial charge in [-0.3, -0.25) is 14.9 Å².